The summed E-state index contributed by atoms with van der Waals surface area (Å²) < 4.78 is 13.4. The second kappa shape index (κ2) is 6.50. The smallest absolute Gasteiger partial charge is 0.224 e. The summed E-state index contributed by atoms with van der Waals surface area (Å²) in [6.45, 7) is 4.24. The Hall–Kier alpha value is -1.42. The second-order valence-electron chi connectivity index (χ2n) is 4.95. The molecule has 18 heavy (non-hydrogen) atoms. The SMILES string of the molecule is CC(C)C(N)CC(=O)N(C)Cc1ccccc1F. The first-order valence-electron chi connectivity index (χ1n) is 6.14. The van der Waals surface area contributed by atoms with Crippen molar-refractivity contribution < 1.29 is 9.18 Å². The van der Waals surface area contributed by atoms with Crippen molar-refractivity contribution in [2.75, 3.05) is 7.05 Å². The summed E-state index contributed by atoms with van der Waals surface area (Å²) in [5.74, 6) is -0.0828. The number of halogens is 1. The van der Waals surface area contributed by atoms with Gasteiger partial charge in [-0.05, 0) is 12.0 Å². The van der Waals surface area contributed by atoms with Crippen LogP contribution in [0.5, 0.6) is 0 Å². The van der Waals surface area contributed by atoms with Crippen LogP contribution in [0.3, 0.4) is 0 Å². The third-order valence-corrected chi connectivity index (χ3v) is 3.06. The van der Waals surface area contributed by atoms with E-state index < -0.39 is 0 Å². The third-order valence-electron chi connectivity index (χ3n) is 3.06. The highest BCUT2D eigenvalue weighted by molar-refractivity contribution is 5.76. The van der Waals surface area contributed by atoms with E-state index >= 15 is 0 Å². The van der Waals surface area contributed by atoms with E-state index in [1.54, 1.807) is 25.2 Å². The predicted octanol–water partition coefficient (Wildman–Crippen LogP) is 2.16. The van der Waals surface area contributed by atoms with Gasteiger partial charge in [0.2, 0.25) is 5.91 Å². The normalized spacial score (nSPS) is 12.6. The minimum atomic E-state index is -0.287. The van der Waals surface area contributed by atoms with E-state index in [4.69, 9.17) is 5.73 Å². The van der Waals surface area contributed by atoms with Gasteiger partial charge < -0.3 is 10.6 Å². The summed E-state index contributed by atoms with van der Waals surface area (Å²) in [6, 6.07) is 6.32. The van der Waals surface area contributed by atoms with Crippen LogP contribution < -0.4 is 5.73 Å². The zero-order chi connectivity index (χ0) is 13.7. The first-order chi connectivity index (χ1) is 8.41. The molecule has 1 unspecified atom stereocenters. The van der Waals surface area contributed by atoms with Crippen molar-refractivity contribution in [3.8, 4) is 0 Å². The Morgan fingerprint density at radius 2 is 2.00 bits per heavy atom. The van der Waals surface area contributed by atoms with Crippen molar-refractivity contribution in [1.29, 1.82) is 0 Å². The summed E-state index contributed by atoms with van der Waals surface area (Å²) >= 11 is 0. The molecule has 0 aromatic heterocycles. The van der Waals surface area contributed by atoms with Gasteiger partial charge in [0, 0.05) is 31.6 Å². The van der Waals surface area contributed by atoms with E-state index in [1.807, 2.05) is 13.8 Å². The molecule has 0 spiro atoms. The molecule has 0 aliphatic rings. The van der Waals surface area contributed by atoms with Crippen LogP contribution in [0, 0.1) is 11.7 Å². The summed E-state index contributed by atoms with van der Waals surface area (Å²) in [5.41, 5.74) is 6.38. The number of carbonyl (C=O) groups excluding carboxylic acids is 1. The van der Waals surface area contributed by atoms with Gasteiger partial charge in [-0.25, -0.2) is 4.39 Å². The fraction of sp³-hybridized carbons (Fsp3) is 0.500. The fourth-order valence-corrected chi connectivity index (χ4v) is 1.56. The van der Waals surface area contributed by atoms with Gasteiger partial charge >= 0.3 is 0 Å². The maximum absolute atomic E-state index is 13.4. The molecule has 1 amide bonds. The highest BCUT2D eigenvalue weighted by atomic mass is 19.1. The zero-order valence-electron chi connectivity index (χ0n) is 11.2. The minimum absolute atomic E-state index is 0.0561. The van der Waals surface area contributed by atoms with E-state index in [-0.39, 0.29) is 30.2 Å². The Morgan fingerprint density at radius 1 is 1.39 bits per heavy atom. The third kappa shape index (κ3) is 4.11. The summed E-state index contributed by atoms with van der Waals surface area (Å²) in [5, 5.41) is 0. The molecule has 0 saturated heterocycles. The van der Waals surface area contributed by atoms with Gasteiger partial charge in [-0.1, -0.05) is 32.0 Å². The van der Waals surface area contributed by atoms with Gasteiger partial charge in [0.15, 0.2) is 0 Å². The average Bonchev–Trinajstić information content (AvgIpc) is 2.31. The Bertz CT molecular complexity index is 407. The molecule has 0 bridgehead atoms. The van der Waals surface area contributed by atoms with E-state index in [9.17, 15) is 9.18 Å². The maximum atomic E-state index is 13.4. The summed E-state index contributed by atoms with van der Waals surface area (Å²) in [6.07, 6.45) is 0.294. The molecule has 0 aliphatic carbocycles. The molecular formula is C14H21FN2O. The van der Waals surface area contributed by atoms with E-state index in [0.717, 1.165) is 0 Å². The van der Waals surface area contributed by atoms with Crippen molar-refractivity contribution in [1.82, 2.24) is 4.90 Å². The molecular weight excluding hydrogens is 231 g/mol. The van der Waals surface area contributed by atoms with Crippen LogP contribution in [-0.2, 0) is 11.3 Å². The van der Waals surface area contributed by atoms with Crippen LogP contribution in [0.15, 0.2) is 24.3 Å². The molecule has 0 heterocycles. The predicted molar refractivity (Wildman–Crippen MR) is 70.3 cm³/mol. The lowest BCUT2D eigenvalue weighted by Crippen LogP contribution is -2.35. The highest BCUT2D eigenvalue weighted by Gasteiger charge is 2.17. The van der Waals surface area contributed by atoms with Crippen molar-refractivity contribution >= 4 is 5.91 Å². The lowest BCUT2D eigenvalue weighted by Gasteiger charge is -2.21. The van der Waals surface area contributed by atoms with Crippen molar-refractivity contribution in [3.63, 3.8) is 0 Å². The quantitative estimate of drug-likeness (QED) is 0.873. The Kier molecular flexibility index (Phi) is 5.28. The van der Waals surface area contributed by atoms with Gasteiger partial charge in [-0.3, -0.25) is 4.79 Å². The molecule has 1 rings (SSSR count). The van der Waals surface area contributed by atoms with E-state index in [2.05, 4.69) is 0 Å². The van der Waals surface area contributed by atoms with Crippen molar-refractivity contribution in [2.45, 2.75) is 32.9 Å². The van der Waals surface area contributed by atoms with Crippen LogP contribution in [0.2, 0.25) is 0 Å². The maximum Gasteiger partial charge on any atom is 0.224 e. The molecule has 0 radical (unpaired) electrons. The first kappa shape index (κ1) is 14.6. The van der Waals surface area contributed by atoms with Crippen molar-refractivity contribution in [2.24, 2.45) is 11.7 Å². The van der Waals surface area contributed by atoms with Gasteiger partial charge in [0.05, 0.1) is 0 Å². The lowest BCUT2D eigenvalue weighted by atomic mass is 10.0. The Balaban J connectivity index is 2.58. The minimum Gasteiger partial charge on any atom is -0.341 e. The van der Waals surface area contributed by atoms with Crippen LogP contribution in [0.1, 0.15) is 25.8 Å². The second-order valence-corrected chi connectivity index (χ2v) is 4.95. The first-order valence-corrected chi connectivity index (χ1v) is 6.14. The highest BCUT2D eigenvalue weighted by Crippen LogP contribution is 2.11. The largest absolute Gasteiger partial charge is 0.341 e. The molecule has 100 valence electrons. The number of carbonyl (C=O) groups is 1. The topological polar surface area (TPSA) is 46.3 Å². The van der Waals surface area contributed by atoms with Gasteiger partial charge in [-0.15, -0.1) is 0 Å². The number of rotatable bonds is 5. The number of nitrogens with zero attached hydrogens (tertiary/aromatic N) is 1. The lowest BCUT2D eigenvalue weighted by molar-refractivity contribution is -0.131. The molecule has 1 aromatic carbocycles. The molecule has 4 heteroatoms. The van der Waals surface area contributed by atoms with Crippen LogP contribution in [0.25, 0.3) is 0 Å². The average molecular weight is 252 g/mol. The Morgan fingerprint density at radius 3 is 2.56 bits per heavy atom. The number of hydrogen-bond acceptors (Lipinski definition) is 2. The Labute approximate surface area is 108 Å². The fourth-order valence-electron chi connectivity index (χ4n) is 1.56. The number of hydrogen-bond donors (Lipinski definition) is 1. The number of benzene rings is 1. The molecule has 0 fully saturated rings. The summed E-state index contributed by atoms with van der Waals surface area (Å²) in [4.78, 5) is 13.4. The molecule has 0 saturated carbocycles. The van der Waals surface area contributed by atoms with E-state index in [1.165, 1.54) is 11.0 Å². The summed E-state index contributed by atoms with van der Waals surface area (Å²) in [7, 11) is 1.67. The monoisotopic (exact) mass is 252 g/mol. The van der Waals surface area contributed by atoms with Crippen LogP contribution >= 0.6 is 0 Å². The number of amides is 1. The van der Waals surface area contributed by atoms with E-state index in [0.29, 0.717) is 12.0 Å². The van der Waals surface area contributed by atoms with Crippen LogP contribution in [-0.4, -0.2) is 23.9 Å². The van der Waals surface area contributed by atoms with Gasteiger partial charge in [-0.2, -0.15) is 0 Å². The van der Waals surface area contributed by atoms with Crippen molar-refractivity contribution in [3.05, 3.63) is 35.6 Å². The van der Waals surface area contributed by atoms with Gasteiger partial charge in [0.1, 0.15) is 5.82 Å². The molecule has 3 nitrogen and oxygen atoms in total. The molecule has 0 aliphatic heterocycles. The zero-order valence-corrected chi connectivity index (χ0v) is 11.2. The van der Waals surface area contributed by atoms with Gasteiger partial charge in [0.25, 0.3) is 0 Å². The molecule has 1 atom stereocenters. The van der Waals surface area contributed by atoms with Crippen LogP contribution in [0.4, 0.5) is 4.39 Å². The molecule has 2 N–H and O–H groups in total. The standard InChI is InChI=1S/C14H21FN2O/c1-10(2)13(16)8-14(18)17(3)9-11-6-4-5-7-12(11)15/h4-7,10,13H,8-9,16H2,1-3H3. The molecule has 1 aromatic rings. The number of nitrogens with two attached hydrogens (primary N) is 1.